The molecule has 27 heavy (non-hydrogen) atoms. The van der Waals surface area contributed by atoms with Crippen molar-refractivity contribution in [3.05, 3.63) is 53.5 Å². The molecule has 2 aliphatic heterocycles. The highest BCUT2D eigenvalue weighted by atomic mass is 19.4. The second-order valence-electron chi connectivity index (χ2n) is 6.55. The molecule has 0 radical (unpaired) electrons. The van der Waals surface area contributed by atoms with Gasteiger partial charge in [-0.3, -0.25) is 14.9 Å². The van der Waals surface area contributed by atoms with Gasteiger partial charge in [-0.05, 0) is 31.5 Å². The van der Waals surface area contributed by atoms with E-state index in [-0.39, 0.29) is 24.5 Å². The number of aliphatic imine (C=N–C) groups is 1. The van der Waals surface area contributed by atoms with Gasteiger partial charge in [0.25, 0.3) is 0 Å². The topological polar surface area (TPSA) is 79.6 Å². The number of fused-ring (bicyclic) bond motifs is 1. The molecule has 4 heterocycles. The third-order valence-electron chi connectivity index (χ3n) is 4.88. The molecule has 0 aliphatic carbocycles. The first-order valence-corrected chi connectivity index (χ1v) is 8.47. The quantitative estimate of drug-likeness (QED) is 0.885. The van der Waals surface area contributed by atoms with Crippen LogP contribution in [0.4, 0.5) is 19.0 Å². The van der Waals surface area contributed by atoms with Crippen LogP contribution in [0.25, 0.3) is 0 Å². The van der Waals surface area contributed by atoms with Crippen LogP contribution in [0.2, 0.25) is 0 Å². The first kappa shape index (κ1) is 19.2. The first-order valence-electron chi connectivity index (χ1n) is 8.47. The predicted octanol–water partition coefficient (Wildman–Crippen LogP) is 3.47. The summed E-state index contributed by atoms with van der Waals surface area (Å²) in [6.45, 7) is 3.00. The fourth-order valence-corrected chi connectivity index (χ4v) is 3.39. The Hall–Kier alpha value is -2.52. The van der Waals surface area contributed by atoms with Gasteiger partial charge in [0.15, 0.2) is 6.29 Å². The maximum Gasteiger partial charge on any atom is 0.433 e. The van der Waals surface area contributed by atoms with Crippen molar-refractivity contribution < 1.29 is 13.2 Å². The Morgan fingerprint density at radius 2 is 1.89 bits per heavy atom. The van der Waals surface area contributed by atoms with Crippen LogP contribution in [0.3, 0.4) is 0 Å². The number of alkyl halides is 3. The summed E-state index contributed by atoms with van der Waals surface area (Å²) in [5.74, 6) is 0.642. The second-order valence-corrected chi connectivity index (χ2v) is 6.55. The molecule has 0 aromatic carbocycles. The molecular formula is C18H21F3N6. The summed E-state index contributed by atoms with van der Waals surface area (Å²) < 4.78 is 40.1. The van der Waals surface area contributed by atoms with Crippen LogP contribution in [0.15, 0.2) is 41.7 Å². The maximum absolute atomic E-state index is 13.4. The van der Waals surface area contributed by atoms with Gasteiger partial charge in [0.2, 0.25) is 0 Å². The molecule has 1 saturated heterocycles. The lowest BCUT2D eigenvalue weighted by molar-refractivity contribution is -0.141. The lowest BCUT2D eigenvalue weighted by Gasteiger charge is -2.48. The number of halogens is 3. The van der Waals surface area contributed by atoms with Crippen molar-refractivity contribution in [1.82, 2.24) is 21.0 Å². The molecular weight excluding hydrogens is 357 g/mol. The molecule has 6 nitrogen and oxygen atoms in total. The van der Waals surface area contributed by atoms with Crippen LogP contribution in [-0.4, -0.2) is 40.0 Å². The van der Waals surface area contributed by atoms with Gasteiger partial charge in [0.1, 0.15) is 11.5 Å². The second kappa shape index (κ2) is 7.24. The fourth-order valence-electron chi connectivity index (χ4n) is 3.39. The predicted molar refractivity (Wildman–Crippen MR) is 96.8 cm³/mol. The number of pyridine rings is 2. The molecule has 9 heteroatoms. The SMILES string of the molecule is CC1CCN1C1N=Cc2cccnc2N1Cc1cccnc1C(F)(F)F.N. The van der Waals surface area contributed by atoms with Crippen LogP contribution in [0.1, 0.15) is 30.2 Å². The largest absolute Gasteiger partial charge is 0.433 e. The van der Waals surface area contributed by atoms with E-state index in [1.54, 1.807) is 18.5 Å². The smallest absolute Gasteiger partial charge is 0.344 e. The Balaban J connectivity index is 0.00000210. The van der Waals surface area contributed by atoms with Crippen molar-refractivity contribution >= 4 is 12.0 Å². The summed E-state index contributed by atoms with van der Waals surface area (Å²) in [7, 11) is 0. The van der Waals surface area contributed by atoms with Crippen molar-refractivity contribution in [1.29, 1.82) is 0 Å². The maximum atomic E-state index is 13.4. The monoisotopic (exact) mass is 378 g/mol. The zero-order valence-electron chi connectivity index (χ0n) is 14.9. The molecule has 1 fully saturated rings. The minimum Gasteiger partial charge on any atom is -0.344 e. The highest BCUT2D eigenvalue weighted by molar-refractivity contribution is 5.88. The minimum atomic E-state index is -4.50. The van der Waals surface area contributed by atoms with Crippen LogP contribution >= 0.6 is 0 Å². The normalized spacial score (nSPS) is 22.0. The van der Waals surface area contributed by atoms with Gasteiger partial charge in [0.05, 0.1) is 0 Å². The zero-order chi connectivity index (χ0) is 18.3. The van der Waals surface area contributed by atoms with Gasteiger partial charge in [-0.25, -0.2) is 4.98 Å². The van der Waals surface area contributed by atoms with E-state index in [1.807, 2.05) is 11.0 Å². The van der Waals surface area contributed by atoms with Gasteiger partial charge < -0.3 is 11.1 Å². The number of aromatic nitrogens is 2. The summed E-state index contributed by atoms with van der Waals surface area (Å²) in [6, 6.07) is 6.98. The molecule has 2 aromatic rings. The fraction of sp³-hybridized carbons (Fsp3) is 0.389. The highest BCUT2D eigenvalue weighted by Crippen LogP contribution is 2.35. The molecule has 0 spiro atoms. The average molecular weight is 378 g/mol. The van der Waals surface area contributed by atoms with Crippen molar-refractivity contribution in [2.24, 2.45) is 4.99 Å². The number of hydrogen-bond donors (Lipinski definition) is 1. The lowest BCUT2D eigenvalue weighted by Crippen LogP contribution is -2.58. The Labute approximate surface area is 155 Å². The number of nitrogens with zero attached hydrogens (tertiary/aromatic N) is 5. The molecule has 0 bridgehead atoms. The first-order chi connectivity index (χ1) is 12.4. The molecule has 0 saturated carbocycles. The molecule has 0 amide bonds. The van der Waals surface area contributed by atoms with Gasteiger partial charge in [-0.15, -0.1) is 0 Å². The van der Waals surface area contributed by atoms with E-state index in [4.69, 9.17) is 0 Å². The zero-order valence-corrected chi connectivity index (χ0v) is 14.9. The summed E-state index contributed by atoms with van der Waals surface area (Å²) in [5, 5.41) is 0. The molecule has 144 valence electrons. The summed E-state index contributed by atoms with van der Waals surface area (Å²) in [4.78, 5) is 16.6. The Morgan fingerprint density at radius 3 is 2.56 bits per heavy atom. The van der Waals surface area contributed by atoms with E-state index in [0.717, 1.165) is 18.5 Å². The third-order valence-corrected chi connectivity index (χ3v) is 4.88. The van der Waals surface area contributed by atoms with Gasteiger partial charge in [0, 0.05) is 48.9 Å². The number of anilines is 1. The van der Waals surface area contributed by atoms with E-state index in [9.17, 15) is 13.2 Å². The van der Waals surface area contributed by atoms with Crippen molar-refractivity contribution in [3.63, 3.8) is 0 Å². The van der Waals surface area contributed by atoms with Crippen LogP contribution in [-0.2, 0) is 12.7 Å². The molecule has 2 unspecified atom stereocenters. The van der Waals surface area contributed by atoms with E-state index >= 15 is 0 Å². The van der Waals surface area contributed by atoms with Gasteiger partial charge in [-0.1, -0.05) is 6.07 Å². The molecule has 4 rings (SSSR count). The van der Waals surface area contributed by atoms with Crippen LogP contribution < -0.4 is 11.1 Å². The number of rotatable bonds is 3. The average Bonchev–Trinajstić information content (AvgIpc) is 2.62. The van der Waals surface area contributed by atoms with Crippen molar-refractivity contribution in [2.75, 3.05) is 11.4 Å². The Bertz CT molecular complexity index is 838. The van der Waals surface area contributed by atoms with Crippen LogP contribution in [0, 0.1) is 0 Å². The van der Waals surface area contributed by atoms with E-state index in [0.29, 0.717) is 11.9 Å². The lowest BCUT2D eigenvalue weighted by atomic mass is 10.0. The highest BCUT2D eigenvalue weighted by Gasteiger charge is 2.39. The van der Waals surface area contributed by atoms with Crippen LogP contribution in [0.5, 0.6) is 0 Å². The molecule has 3 N–H and O–H groups in total. The summed E-state index contributed by atoms with van der Waals surface area (Å²) in [6.07, 6.45) is 0.764. The van der Waals surface area contributed by atoms with Crippen molar-refractivity contribution in [2.45, 2.75) is 38.4 Å². The number of hydrogen-bond acceptors (Lipinski definition) is 6. The minimum absolute atomic E-state index is 0. The molecule has 2 atom stereocenters. The molecule has 2 aliphatic rings. The van der Waals surface area contributed by atoms with E-state index in [1.165, 1.54) is 18.3 Å². The molecule has 2 aromatic heterocycles. The number of likely N-dealkylation sites (tertiary alicyclic amines) is 1. The van der Waals surface area contributed by atoms with Gasteiger partial charge >= 0.3 is 6.18 Å². The van der Waals surface area contributed by atoms with Gasteiger partial charge in [-0.2, -0.15) is 13.2 Å². The van der Waals surface area contributed by atoms with E-state index < -0.39 is 11.9 Å². The van der Waals surface area contributed by atoms with E-state index in [2.05, 4.69) is 26.8 Å². The van der Waals surface area contributed by atoms with Crippen molar-refractivity contribution in [3.8, 4) is 0 Å². The standard InChI is InChI=1S/C18H18F3N5.H3N/c1-12-6-9-25(12)17-24-10-13-4-2-8-23-16(13)26(17)11-14-5-3-7-22-15(14)18(19,20)21;/h2-5,7-8,10,12,17H,6,9,11H2,1H3;1H3. The Kier molecular flexibility index (Phi) is 5.16. The third kappa shape index (κ3) is 3.52. The summed E-state index contributed by atoms with van der Waals surface area (Å²) >= 11 is 0. The Morgan fingerprint density at radius 1 is 1.15 bits per heavy atom. The summed E-state index contributed by atoms with van der Waals surface area (Å²) in [5.41, 5.74) is 0.0590.